The molecule has 12 heteroatoms. The average Bonchev–Trinajstić information content (AvgIpc) is 3.69. The van der Waals surface area contributed by atoms with Crippen molar-refractivity contribution in [1.82, 2.24) is 15.1 Å². The number of ether oxygens (including phenoxy) is 2. The van der Waals surface area contributed by atoms with Crippen molar-refractivity contribution in [2.45, 2.75) is 129 Å². The first kappa shape index (κ1) is 50.9. The van der Waals surface area contributed by atoms with Crippen LogP contribution in [0.2, 0.25) is 0 Å². The summed E-state index contributed by atoms with van der Waals surface area (Å²) in [5.74, 6) is -2.19. The fraction of sp³-hybridized carbons (Fsp3) is 0.667. The lowest BCUT2D eigenvalue weighted by Crippen LogP contribution is -2.54. The van der Waals surface area contributed by atoms with E-state index < -0.39 is 45.8 Å². The van der Waals surface area contributed by atoms with Crippen LogP contribution in [-0.2, 0) is 50.7 Å². The van der Waals surface area contributed by atoms with Crippen molar-refractivity contribution in [3.05, 3.63) is 71.8 Å². The van der Waals surface area contributed by atoms with Gasteiger partial charge < -0.3 is 24.6 Å². The van der Waals surface area contributed by atoms with Crippen LogP contribution in [0.25, 0.3) is 0 Å². The molecule has 1 saturated heterocycles. The maximum atomic E-state index is 14.4. The lowest BCUT2D eigenvalue weighted by Gasteiger charge is -2.41. The molecule has 1 aliphatic rings. The number of carbonyl (C=O) groups is 4. The second-order valence-corrected chi connectivity index (χ2v) is 20.0. The largest absolute Gasteiger partial charge is 0.379 e. The highest BCUT2D eigenvalue weighted by Gasteiger charge is 2.43. The highest BCUT2D eigenvalue weighted by Crippen LogP contribution is 2.32. The zero-order chi connectivity index (χ0) is 44.7. The molecule has 3 rings (SSSR count). The number of likely N-dealkylation sites (N-methyl/N-ethyl adjacent to an activating group) is 2. The molecule has 1 N–H and O–H groups in total. The van der Waals surface area contributed by atoms with Crippen molar-refractivity contribution >= 4 is 33.2 Å². The summed E-state index contributed by atoms with van der Waals surface area (Å²) in [6, 6.07) is 17.6. The second kappa shape index (κ2) is 24.3. The summed E-state index contributed by atoms with van der Waals surface area (Å²) in [5.41, 5.74) is 1.67. The molecule has 9 atom stereocenters. The van der Waals surface area contributed by atoms with E-state index in [0.29, 0.717) is 24.9 Å². The molecule has 0 aliphatic carbocycles. The summed E-state index contributed by atoms with van der Waals surface area (Å²) in [6.45, 7) is 14.3. The smallest absolute Gasteiger partial charge is 0.226 e. The zero-order valence-corrected chi connectivity index (χ0v) is 39.1. The third kappa shape index (κ3) is 14.3. The third-order valence-electron chi connectivity index (χ3n) is 12.8. The zero-order valence-electron chi connectivity index (χ0n) is 38.3. The predicted octanol–water partition coefficient (Wildman–Crippen LogP) is 6.82. The quantitative estimate of drug-likeness (QED) is 0.108. The molecule has 0 saturated carbocycles. The summed E-state index contributed by atoms with van der Waals surface area (Å²) in [5, 5.41) is 3.11. The number of nitrogens with zero attached hydrogens (tertiary/aromatic N) is 2. The van der Waals surface area contributed by atoms with Gasteiger partial charge in [-0.25, -0.2) is 8.42 Å². The summed E-state index contributed by atoms with van der Waals surface area (Å²) >= 11 is 0. The Morgan fingerprint density at radius 3 is 1.95 bits per heavy atom. The number of hydrogen-bond donors (Lipinski definition) is 1. The van der Waals surface area contributed by atoms with Gasteiger partial charge in [-0.1, -0.05) is 116 Å². The summed E-state index contributed by atoms with van der Waals surface area (Å²) < 4.78 is 39.1. The number of rotatable bonds is 26. The van der Waals surface area contributed by atoms with Crippen molar-refractivity contribution in [3.63, 3.8) is 0 Å². The Labute approximate surface area is 361 Å². The van der Waals surface area contributed by atoms with Crippen molar-refractivity contribution in [1.29, 1.82) is 0 Å². The minimum Gasteiger partial charge on any atom is -0.379 e. The van der Waals surface area contributed by atoms with Crippen LogP contribution in [0.1, 0.15) is 98.1 Å². The highest BCUT2D eigenvalue weighted by atomic mass is 32.2. The van der Waals surface area contributed by atoms with E-state index in [9.17, 15) is 27.6 Å². The number of amides is 2. The number of carbonyl (C=O) groups excluding carboxylic acids is 4. The summed E-state index contributed by atoms with van der Waals surface area (Å²) in [6.07, 6.45) is 1.56. The van der Waals surface area contributed by atoms with Gasteiger partial charge in [-0.3, -0.25) is 19.2 Å². The topological polar surface area (TPSA) is 139 Å². The van der Waals surface area contributed by atoms with Gasteiger partial charge in [0.05, 0.1) is 48.3 Å². The maximum absolute atomic E-state index is 14.4. The monoisotopic (exact) mass is 854 g/mol. The molecule has 2 aromatic rings. The molecule has 0 aromatic heterocycles. The van der Waals surface area contributed by atoms with Crippen molar-refractivity contribution in [2.24, 2.45) is 35.5 Å². The molecule has 2 aromatic carbocycles. The van der Waals surface area contributed by atoms with Crippen LogP contribution in [0, 0.1) is 35.5 Å². The number of benzene rings is 2. The van der Waals surface area contributed by atoms with E-state index in [1.54, 1.807) is 45.3 Å². The molecule has 0 unspecified atom stereocenters. The van der Waals surface area contributed by atoms with Gasteiger partial charge in [0.25, 0.3) is 0 Å². The Hall–Kier alpha value is -3.45. The van der Waals surface area contributed by atoms with E-state index >= 15 is 0 Å². The number of Topliss-reactive ketones (excluding diaryl/α,β-unsaturated/α-hetero) is 2. The summed E-state index contributed by atoms with van der Waals surface area (Å²) in [7, 11) is 3.12. The molecule has 1 fully saturated rings. The molecule has 0 spiro atoms. The molecule has 336 valence electrons. The minimum absolute atomic E-state index is 0.00630. The third-order valence-corrected chi connectivity index (χ3v) is 14.5. The fourth-order valence-corrected chi connectivity index (χ4v) is 11.0. The molecule has 60 heavy (non-hydrogen) atoms. The van der Waals surface area contributed by atoms with Gasteiger partial charge in [0, 0.05) is 52.5 Å². The Morgan fingerprint density at radius 2 is 1.43 bits per heavy atom. The van der Waals surface area contributed by atoms with Crippen LogP contribution in [0.4, 0.5) is 0 Å². The highest BCUT2D eigenvalue weighted by molar-refractivity contribution is 7.90. The van der Waals surface area contributed by atoms with Gasteiger partial charge in [0.1, 0.15) is 5.78 Å². The van der Waals surface area contributed by atoms with Gasteiger partial charge in [-0.05, 0) is 61.1 Å². The van der Waals surface area contributed by atoms with E-state index in [0.717, 1.165) is 18.4 Å². The van der Waals surface area contributed by atoms with Gasteiger partial charge in [-0.15, -0.1) is 0 Å². The molecule has 2 amide bonds. The second-order valence-electron chi connectivity index (χ2n) is 17.9. The van der Waals surface area contributed by atoms with Crippen LogP contribution < -0.4 is 5.32 Å². The van der Waals surface area contributed by atoms with E-state index in [-0.39, 0.29) is 84.0 Å². The molecule has 1 aliphatic heterocycles. The first-order valence-electron chi connectivity index (χ1n) is 22.0. The number of methoxy groups -OCH3 is 2. The van der Waals surface area contributed by atoms with Crippen molar-refractivity contribution < 1.29 is 37.1 Å². The van der Waals surface area contributed by atoms with Gasteiger partial charge in [0.2, 0.25) is 11.8 Å². The summed E-state index contributed by atoms with van der Waals surface area (Å²) in [4.78, 5) is 59.8. The Morgan fingerprint density at radius 1 is 0.833 bits per heavy atom. The SMILES string of the molecule is CC[C@H](C)[C@@H]([C@@H](CC(=O)N1CCC[C@H]1[C@H](OC)[C@@H](C)C(=O)C[C@@H](Cc1ccccc1)CS(=O)(=O)Cc1ccccc1)OC)N(C)C(=O)[C@@H](CC(=O)[C@@H](NC)C(C)C)C(C)C. The number of hydrogen-bond acceptors (Lipinski definition) is 9. The minimum atomic E-state index is -3.54. The number of sulfone groups is 1. The predicted molar refractivity (Wildman–Crippen MR) is 239 cm³/mol. The molecular formula is C48H75N3O8S. The molecular weight excluding hydrogens is 779 g/mol. The van der Waals surface area contributed by atoms with Crippen LogP contribution in [0.5, 0.6) is 0 Å². The molecule has 11 nitrogen and oxygen atoms in total. The van der Waals surface area contributed by atoms with E-state index in [4.69, 9.17) is 9.47 Å². The number of nitrogens with one attached hydrogen (secondary N) is 1. The number of likely N-dealkylation sites (tertiary alicyclic amines) is 1. The Balaban J connectivity index is 1.80. The molecule has 0 bridgehead atoms. The fourth-order valence-electron chi connectivity index (χ4n) is 9.27. The van der Waals surface area contributed by atoms with Crippen molar-refractivity contribution in [2.75, 3.05) is 40.6 Å². The van der Waals surface area contributed by atoms with E-state index in [1.807, 2.05) is 88.0 Å². The van der Waals surface area contributed by atoms with Crippen LogP contribution in [-0.4, -0.2) is 113 Å². The van der Waals surface area contributed by atoms with Crippen LogP contribution in [0.3, 0.4) is 0 Å². The standard InChI is InChI=1S/C48H75N3O8S/c1-12-34(6)46(50(9)48(55)39(32(2)3)28-42(53)45(49-8)33(4)5)43(58-10)29-44(54)51-25-19-24-40(51)47(59-11)35(7)41(52)27-38(26-36-20-15-13-16-21-36)31-60(56,57)30-37-22-17-14-18-23-37/h13-18,20-23,32-35,38-40,43,45-47,49H,12,19,24-31H2,1-11H3/t34-,35-,38+,39-,40-,43+,45-,46-,47+/m0/s1. The first-order chi connectivity index (χ1) is 28.4. The Bertz CT molecular complexity index is 1750. The van der Waals surface area contributed by atoms with Gasteiger partial charge in [0.15, 0.2) is 15.6 Å². The van der Waals surface area contributed by atoms with Crippen LogP contribution >= 0.6 is 0 Å². The van der Waals surface area contributed by atoms with Crippen molar-refractivity contribution in [3.8, 4) is 0 Å². The lowest BCUT2D eigenvalue weighted by molar-refractivity contribution is -0.149. The average molecular weight is 854 g/mol. The van der Waals surface area contributed by atoms with Gasteiger partial charge >= 0.3 is 0 Å². The maximum Gasteiger partial charge on any atom is 0.226 e. The van der Waals surface area contributed by atoms with Crippen LogP contribution in [0.15, 0.2) is 60.7 Å². The number of ketones is 2. The lowest BCUT2D eigenvalue weighted by atomic mass is 9.84. The van der Waals surface area contributed by atoms with Gasteiger partial charge in [-0.2, -0.15) is 0 Å². The van der Waals surface area contributed by atoms with E-state index in [1.165, 1.54) is 0 Å². The van der Waals surface area contributed by atoms with E-state index in [2.05, 4.69) is 19.2 Å². The molecule has 1 heterocycles. The molecule has 0 radical (unpaired) electrons. The Kier molecular flexibility index (Phi) is 20.6. The first-order valence-corrected chi connectivity index (χ1v) is 23.8. The normalized spacial score (nSPS) is 18.7.